The Hall–Kier alpha value is -4.91. The van der Waals surface area contributed by atoms with Gasteiger partial charge >= 0.3 is 0 Å². The number of nitrogens with zero attached hydrogens (tertiary/aromatic N) is 2. The number of para-hydroxylation sites is 2. The number of aliphatic hydroxyl groups is 1. The highest BCUT2D eigenvalue weighted by Gasteiger charge is 2.48. The van der Waals surface area contributed by atoms with Crippen LogP contribution >= 0.6 is 0 Å². The minimum Gasteiger partial charge on any atom is -0.507 e. The number of aromatic hydroxyl groups is 1. The fraction of sp³-hybridized carbons (Fsp3) is 0.100. The molecule has 37 heavy (non-hydrogen) atoms. The van der Waals surface area contributed by atoms with Gasteiger partial charge in [-0.05, 0) is 60.5 Å². The standard InChI is InChI=1S/C30H24N2O5/c1-19-17-21(14-15-25(19)37-18-20-9-3-2-4-10-20)28(34)26-27(22-11-7-8-16-31-22)32(30(36)29(26)35)23-12-5-6-13-24(23)33/h2-17,27,33-34H,18H2,1H3/b28-26-. The number of rotatable bonds is 6. The average molecular weight is 493 g/mol. The third-order valence-corrected chi connectivity index (χ3v) is 6.24. The highest BCUT2D eigenvalue weighted by molar-refractivity contribution is 6.51. The van der Waals surface area contributed by atoms with E-state index in [1.165, 1.54) is 11.0 Å². The number of phenols is 1. The van der Waals surface area contributed by atoms with Crippen molar-refractivity contribution in [3.63, 3.8) is 0 Å². The number of Topliss-reactive ketones (excluding diaryl/α,β-unsaturated/α-hetero) is 1. The maximum absolute atomic E-state index is 13.3. The molecule has 3 aromatic carbocycles. The van der Waals surface area contributed by atoms with E-state index < -0.39 is 17.7 Å². The van der Waals surface area contributed by atoms with Gasteiger partial charge in [-0.15, -0.1) is 0 Å². The quantitative estimate of drug-likeness (QED) is 0.215. The maximum atomic E-state index is 13.3. The molecule has 0 radical (unpaired) electrons. The Bertz CT molecular complexity index is 1500. The van der Waals surface area contributed by atoms with Gasteiger partial charge in [0.2, 0.25) is 0 Å². The zero-order chi connectivity index (χ0) is 25.9. The summed E-state index contributed by atoms with van der Waals surface area (Å²) < 4.78 is 5.93. The molecule has 2 heterocycles. The first-order valence-corrected chi connectivity index (χ1v) is 11.7. The van der Waals surface area contributed by atoms with Gasteiger partial charge in [0.15, 0.2) is 0 Å². The Morgan fingerprint density at radius 2 is 1.68 bits per heavy atom. The summed E-state index contributed by atoms with van der Waals surface area (Å²) in [6.45, 7) is 2.23. The largest absolute Gasteiger partial charge is 0.507 e. The van der Waals surface area contributed by atoms with Crippen molar-refractivity contribution in [3.8, 4) is 11.5 Å². The Labute approximate surface area is 213 Å². The van der Waals surface area contributed by atoms with Crippen molar-refractivity contribution in [1.82, 2.24) is 4.98 Å². The number of carbonyl (C=O) groups is 2. The van der Waals surface area contributed by atoms with Gasteiger partial charge in [-0.25, -0.2) is 0 Å². The second-order valence-corrected chi connectivity index (χ2v) is 8.67. The number of phenolic OH excluding ortho intramolecular Hbond substituents is 1. The van der Waals surface area contributed by atoms with Gasteiger partial charge in [-0.2, -0.15) is 0 Å². The second-order valence-electron chi connectivity index (χ2n) is 8.67. The van der Waals surface area contributed by atoms with Gasteiger partial charge in [0.25, 0.3) is 11.7 Å². The Kier molecular flexibility index (Phi) is 6.43. The molecule has 2 N–H and O–H groups in total. The van der Waals surface area contributed by atoms with Gasteiger partial charge in [-0.1, -0.05) is 48.5 Å². The number of anilines is 1. The molecule has 1 amide bonds. The molecule has 1 atom stereocenters. The van der Waals surface area contributed by atoms with Gasteiger partial charge in [0.1, 0.15) is 29.9 Å². The minimum atomic E-state index is -1.02. The lowest BCUT2D eigenvalue weighted by atomic mass is 9.97. The number of hydrogen-bond donors (Lipinski definition) is 2. The van der Waals surface area contributed by atoms with E-state index in [0.29, 0.717) is 23.6 Å². The van der Waals surface area contributed by atoms with Crippen LogP contribution in [0.5, 0.6) is 11.5 Å². The number of benzene rings is 3. The maximum Gasteiger partial charge on any atom is 0.300 e. The van der Waals surface area contributed by atoms with Gasteiger partial charge in [0.05, 0.1) is 17.0 Å². The summed E-state index contributed by atoms with van der Waals surface area (Å²) in [5.41, 5.74) is 2.56. The molecule has 1 aromatic heterocycles. The monoisotopic (exact) mass is 492 g/mol. The zero-order valence-corrected chi connectivity index (χ0v) is 20.0. The van der Waals surface area contributed by atoms with Crippen molar-refractivity contribution in [2.45, 2.75) is 19.6 Å². The second kappa shape index (κ2) is 9.99. The topological polar surface area (TPSA) is 100.0 Å². The van der Waals surface area contributed by atoms with Crippen LogP contribution in [0.4, 0.5) is 5.69 Å². The van der Waals surface area contributed by atoms with E-state index in [0.717, 1.165) is 11.1 Å². The molecule has 0 saturated carbocycles. The summed E-state index contributed by atoms with van der Waals surface area (Å²) in [5.74, 6) is -1.58. The lowest BCUT2D eigenvalue weighted by Crippen LogP contribution is -2.29. The fourth-order valence-corrected chi connectivity index (χ4v) is 4.42. The summed E-state index contributed by atoms with van der Waals surface area (Å²) in [6.07, 6.45) is 1.54. The van der Waals surface area contributed by atoms with E-state index in [4.69, 9.17) is 4.74 Å². The zero-order valence-electron chi connectivity index (χ0n) is 20.0. The van der Waals surface area contributed by atoms with E-state index in [2.05, 4.69) is 4.98 Å². The number of hydrogen-bond acceptors (Lipinski definition) is 6. The Morgan fingerprint density at radius 1 is 0.946 bits per heavy atom. The minimum absolute atomic E-state index is 0.107. The molecule has 1 unspecified atom stereocenters. The van der Waals surface area contributed by atoms with Crippen LogP contribution in [-0.4, -0.2) is 26.9 Å². The first kappa shape index (κ1) is 23.8. The number of aliphatic hydroxyl groups excluding tert-OH is 1. The number of ether oxygens (including phenoxy) is 1. The fourth-order valence-electron chi connectivity index (χ4n) is 4.42. The first-order valence-electron chi connectivity index (χ1n) is 11.7. The normalized spacial score (nSPS) is 16.7. The van der Waals surface area contributed by atoms with Crippen molar-refractivity contribution >= 4 is 23.1 Å². The SMILES string of the molecule is Cc1cc(/C(O)=C2/C(=O)C(=O)N(c3ccccc3O)C2c2ccccn2)ccc1OCc1ccccc1. The molecule has 1 saturated heterocycles. The molecule has 0 aliphatic carbocycles. The van der Waals surface area contributed by atoms with Crippen LogP contribution in [0.1, 0.15) is 28.4 Å². The Balaban J connectivity index is 1.56. The summed E-state index contributed by atoms with van der Waals surface area (Å²) in [7, 11) is 0. The molecular formula is C30H24N2O5. The average Bonchev–Trinajstić information content (AvgIpc) is 3.19. The molecule has 4 aromatic rings. The van der Waals surface area contributed by atoms with Crippen LogP contribution in [-0.2, 0) is 16.2 Å². The van der Waals surface area contributed by atoms with E-state index in [-0.39, 0.29) is 22.8 Å². The lowest BCUT2D eigenvalue weighted by Gasteiger charge is -2.25. The van der Waals surface area contributed by atoms with Crippen molar-refractivity contribution in [1.29, 1.82) is 0 Å². The van der Waals surface area contributed by atoms with E-state index in [1.54, 1.807) is 60.8 Å². The molecule has 7 nitrogen and oxygen atoms in total. The molecule has 0 bridgehead atoms. The summed E-state index contributed by atoms with van der Waals surface area (Å²) in [4.78, 5) is 32.0. The number of carbonyl (C=O) groups excluding carboxylic acids is 2. The molecule has 184 valence electrons. The molecule has 5 rings (SSSR count). The third-order valence-electron chi connectivity index (χ3n) is 6.24. The van der Waals surface area contributed by atoms with Gasteiger partial charge < -0.3 is 14.9 Å². The molecule has 0 spiro atoms. The predicted octanol–water partition coefficient (Wildman–Crippen LogP) is 5.30. The molecular weight excluding hydrogens is 468 g/mol. The van der Waals surface area contributed by atoms with Gasteiger partial charge in [-0.3, -0.25) is 19.5 Å². The molecule has 1 fully saturated rings. The number of ketones is 1. The van der Waals surface area contributed by atoms with Crippen LogP contribution in [0, 0.1) is 6.92 Å². The van der Waals surface area contributed by atoms with Crippen LogP contribution in [0.2, 0.25) is 0 Å². The van der Waals surface area contributed by atoms with E-state index in [1.807, 2.05) is 37.3 Å². The van der Waals surface area contributed by atoms with E-state index >= 15 is 0 Å². The number of aromatic nitrogens is 1. The van der Waals surface area contributed by atoms with Crippen molar-refractivity contribution in [3.05, 3.63) is 125 Å². The molecule has 1 aliphatic heterocycles. The summed E-state index contributed by atoms with van der Waals surface area (Å²) in [5, 5.41) is 21.8. The van der Waals surface area contributed by atoms with Crippen molar-refractivity contribution in [2.24, 2.45) is 0 Å². The first-order chi connectivity index (χ1) is 18.0. The molecule has 7 heteroatoms. The van der Waals surface area contributed by atoms with E-state index in [9.17, 15) is 19.8 Å². The summed E-state index contributed by atoms with van der Waals surface area (Å²) >= 11 is 0. The van der Waals surface area contributed by atoms with Gasteiger partial charge in [0, 0.05) is 11.8 Å². The molecule has 1 aliphatic rings. The smallest absolute Gasteiger partial charge is 0.300 e. The van der Waals surface area contributed by atoms with Crippen LogP contribution in [0.3, 0.4) is 0 Å². The number of amides is 1. The lowest BCUT2D eigenvalue weighted by molar-refractivity contribution is -0.132. The third kappa shape index (κ3) is 4.54. The number of pyridine rings is 1. The van der Waals surface area contributed by atoms with Crippen LogP contribution in [0.25, 0.3) is 5.76 Å². The van der Waals surface area contributed by atoms with Crippen LogP contribution < -0.4 is 9.64 Å². The summed E-state index contributed by atoms with van der Waals surface area (Å²) in [6, 6.07) is 25.2. The highest BCUT2D eigenvalue weighted by atomic mass is 16.5. The highest BCUT2D eigenvalue weighted by Crippen LogP contribution is 2.44. The van der Waals surface area contributed by atoms with Crippen molar-refractivity contribution in [2.75, 3.05) is 4.90 Å². The Morgan fingerprint density at radius 3 is 2.38 bits per heavy atom. The predicted molar refractivity (Wildman–Crippen MR) is 139 cm³/mol. The van der Waals surface area contributed by atoms with Crippen molar-refractivity contribution < 1.29 is 24.5 Å². The van der Waals surface area contributed by atoms with Crippen LogP contribution in [0.15, 0.2) is 103 Å². The number of aryl methyl sites for hydroxylation is 1.